The van der Waals surface area contributed by atoms with Gasteiger partial charge in [-0.2, -0.15) is 0 Å². The van der Waals surface area contributed by atoms with E-state index in [-0.39, 0.29) is 6.61 Å². The molecule has 0 fully saturated rings. The van der Waals surface area contributed by atoms with Crippen LogP contribution in [0.15, 0.2) is 35.5 Å². The van der Waals surface area contributed by atoms with Gasteiger partial charge in [-0.1, -0.05) is 6.07 Å². The van der Waals surface area contributed by atoms with Crippen LogP contribution in [0.25, 0.3) is 10.8 Å². The van der Waals surface area contributed by atoms with E-state index in [0.29, 0.717) is 5.75 Å². The summed E-state index contributed by atoms with van der Waals surface area (Å²) in [6, 6.07) is 7.74. The number of aromatic nitrogens is 1. The van der Waals surface area contributed by atoms with Crippen LogP contribution >= 0.6 is 11.8 Å². The largest absolute Gasteiger partial charge is 0.497 e. The zero-order chi connectivity index (χ0) is 13.0. The Morgan fingerprint density at radius 1 is 1.39 bits per heavy atom. The van der Waals surface area contributed by atoms with E-state index in [1.165, 1.54) is 11.8 Å². The molecule has 0 saturated carbocycles. The van der Waals surface area contributed by atoms with Crippen molar-refractivity contribution in [1.29, 1.82) is 0 Å². The lowest BCUT2D eigenvalue weighted by Gasteiger charge is -2.09. The Bertz CT molecular complexity index is 533. The van der Waals surface area contributed by atoms with E-state index in [1.807, 2.05) is 24.3 Å². The molecule has 1 heterocycles. The Labute approximate surface area is 110 Å². The van der Waals surface area contributed by atoms with Gasteiger partial charge in [0.1, 0.15) is 10.8 Å². The molecule has 96 valence electrons. The highest BCUT2D eigenvalue weighted by Crippen LogP contribution is 2.29. The minimum absolute atomic E-state index is 0.235. The Morgan fingerprint density at radius 2 is 2.22 bits per heavy atom. The van der Waals surface area contributed by atoms with Crippen LogP contribution in [0.3, 0.4) is 0 Å². The van der Waals surface area contributed by atoms with Crippen molar-refractivity contribution in [2.75, 3.05) is 19.5 Å². The number of aliphatic hydroxyl groups is 2. The molecule has 0 bridgehead atoms. The van der Waals surface area contributed by atoms with Crippen molar-refractivity contribution in [2.24, 2.45) is 0 Å². The summed E-state index contributed by atoms with van der Waals surface area (Å²) in [4.78, 5) is 4.30. The van der Waals surface area contributed by atoms with Gasteiger partial charge in [-0.25, -0.2) is 4.98 Å². The van der Waals surface area contributed by atoms with Crippen molar-refractivity contribution in [1.82, 2.24) is 4.98 Å². The Morgan fingerprint density at radius 3 is 2.94 bits per heavy atom. The van der Waals surface area contributed by atoms with Crippen LogP contribution in [-0.4, -0.2) is 40.8 Å². The van der Waals surface area contributed by atoms with Gasteiger partial charge in [0.05, 0.1) is 19.8 Å². The third-order valence-electron chi connectivity index (χ3n) is 2.56. The molecule has 0 radical (unpaired) electrons. The molecule has 2 N–H and O–H groups in total. The van der Waals surface area contributed by atoms with Crippen LogP contribution in [0.1, 0.15) is 0 Å². The summed E-state index contributed by atoms with van der Waals surface area (Å²) in [7, 11) is 1.62. The standard InChI is InChI=1S/C13H15NO3S/c1-17-11-3-2-9-4-5-14-13(12(9)6-11)18-8-10(16)7-15/h2-6,10,15-16H,7-8H2,1H3. The summed E-state index contributed by atoms with van der Waals surface area (Å²) in [5.41, 5.74) is 0. The third-order valence-corrected chi connectivity index (χ3v) is 3.71. The monoisotopic (exact) mass is 265 g/mol. The number of aliphatic hydroxyl groups excluding tert-OH is 2. The topological polar surface area (TPSA) is 62.6 Å². The molecule has 1 unspecified atom stereocenters. The maximum Gasteiger partial charge on any atom is 0.119 e. The molecule has 1 aromatic carbocycles. The molecule has 0 aliphatic carbocycles. The number of thioether (sulfide) groups is 1. The highest BCUT2D eigenvalue weighted by Gasteiger charge is 2.08. The molecule has 0 aliphatic heterocycles. The molecule has 1 atom stereocenters. The molecule has 5 heteroatoms. The summed E-state index contributed by atoms with van der Waals surface area (Å²) in [6.07, 6.45) is 1.01. The highest BCUT2D eigenvalue weighted by atomic mass is 32.2. The van der Waals surface area contributed by atoms with E-state index in [4.69, 9.17) is 9.84 Å². The molecular weight excluding hydrogens is 250 g/mol. The van der Waals surface area contributed by atoms with Gasteiger partial charge in [0, 0.05) is 17.3 Å². The van der Waals surface area contributed by atoms with Crippen LogP contribution in [0.4, 0.5) is 0 Å². The van der Waals surface area contributed by atoms with Crippen molar-refractivity contribution in [3.63, 3.8) is 0 Å². The molecule has 2 aromatic rings. The van der Waals surface area contributed by atoms with Crippen LogP contribution < -0.4 is 4.74 Å². The number of rotatable bonds is 5. The van der Waals surface area contributed by atoms with E-state index in [9.17, 15) is 5.11 Å². The zero-order valence-corrected chi connectivity index (χ0v) is 10.9. The fourth-order valence-electron chi connectivity index (χ4n) is 1.59. The molecular formula is C13H15NO3S. The van der Waals surface area contributed by atoms with Crippen LogP contribution in [0, 0.1) is 0 Å². The lowest BCUT2D eigenvalue weighted by molar-refractivity contribution is 0.113. The average molecular weight is 265 g/mol. The van der Waals surface area contributed by atoms with Crippen molar-refractivity contribution in [3.8, 4) is 5.75 Å². The summed E-state index contributed by atoms with van der Waals surface area (Å²) < 4.78 is 5.20. The predicted molar refractivity (Wildman–Crippen MR) is 72.1 cm³/mol. The molecule has 1 aromatic heterocycles. The first-order chi connectivity index (χ1) is 8.74. The quantitative estimate of drug-likeness (QED) is 0.806. The third kappa shape index (κ3) is 2.93. The second-order valence-electron chi connectivity index (χ2n) is 3.85. The molecule has 0 saturated heterocycles. The summed E-state index contributed by atoms with van der Waals surface area (Å²) in [5, 5.41) is 21.1. The first kappa shape index (κ1) is 13.1. The normalized spacial score (nSPS) is 12.6. The van der Waals surface area contributed by atoms with Gasteiger partial charge in [-0.05, 0) is 23.6 Å². The van der Waals surface area contributed by atoms with Crippen molar-refractivity contribution < 1.29 is 14.9 Å². The highest BCUT2D eigenvalue weighted by molar-refractivity contribution is 7.99. The van der Waals surface area contributed by atoms with Gasteiger partial charge in [0.2, 0.25) is 0 Å². The SMILES string of the molecule is COc1ccc2ccnc(SCC(O)CO)c2c1. The van der Waals surface area contributed by atoms with Gasteiger partial charge in [-0.15, -0.1) is 11.8 Å². The van der Waals surface area contributed by atoms with Gasteiger partial charge in [-0.3, -0.25) is 0 Å². The summed E-state index contributed by atoms with van der Waals surface area (Å²) in [5.74, 6) is 1.19. The fourth-order valence-corrected chi connectivity index (χ4v) is 2.51. The van der Waals surface area contributed by atoms with Gasteiger partial charge in [0.25, 0.3) is 0 Å². The molecule has 18 heavy (non-hydrogen) atoms. The number of hydrogen-bond donors (Lipinski definition) is 2. The minimum atomic E-state index is -0.724. The number of benzene rings is 1. The molecule has 4 nitrogen and oxygen atoms in total. The van der Waals surface area contributed by atoms with E-state index >= 15 is 0 Å². The van der Waals surface area contributed by atoms with Crippen molar-refractivity contribution in [2.45, 2.75) is 11.1 Å². The first-order valence-corrected chi connectivity index (χ1v) is 6.57. The fraction of sp³-hybridized carbons (Fsp3) is 0.308. The van der Waals surface area contributed by atoms with E-state index in [1.54, 1.807) is 13.3 Å². The number of nitrogens with zero attached hydrogens (tertiary/aromatic N) is 1. The maximum absolute atomic E-state index is 9.37. The Kier molecular flexibility index (Phi) is 4.41. The number of hydrogen-bond acceptors (Lipinski definition) is 5. The number of pyridine rings is 1. The zero-order valence-electron chi connectivity index (χ0n) is 10.0. The lowest BCUT2D eigenvalue weighted by atomic mass is 10.2. The van der Waals surface area contributed by atoms with E-state index in [0.717, 1.165) is 21.5 Å². The second kappa shape index (κ2) is 6.04. The number of methoxy groups -OCH3 is 1. The van der Waals surface area contributed by atoms with Crippen LogP contribution in [-0.2, 0) is 0 Å². The van der Waals surface area contributed by atoms with Crippen molar-refractivity contribution in [3.05, 3.63) is 30.5 Å². The summed E-state index contributed by atoms with van der Waals surface area (Å²) in [6.45, 7) is -0.235. The number of ether oxygens (including phenoxy) is 1. The van der Waals surface area contributed by atoms with Gasteiger partial charge >= 0.3 is 0 Å². The van der Waals surface area contributed by atoms with Gasteiger partial charge < -0.3 is 14.9 Å². The van der Waals surface area contributed by atoms with Crippen LogP contribution in [0.2, 0.25) is 0 Å². The minimum Gasteiger partial charge on any atom is -0.497 e. The number of fused-ring (bicyclic) bond motifs is 1. The van der Waals surface area contributed by atoms with E-state index in [2.05, 4.69) is 4.98 Å². The van der Waals surface area contributed by atoms with Crippen LogP contribution in [0.5, 0.6) is 5.75 Å². The average Bonchev–Trinajstić information content (AvgIpc) is 2.43. The van der Waals surface area contributed by atoms with Crippen molar-refractivity contribution >= 4 is 22.5 Å². The molecule has 2 rings (SSSR count). The van der Waals surface area contributed by atoms with E-state index < -0.39 is 6.10 Å². The second-order valence-corrected chi connectivity index (χ2v) is 4.86. The smallest absolute Gasteiger partial charge is 0.119 e. The van der Waals surface area contributed by atoms with Gasteiger partial charge in [0.15, 0.2) is 0 Å². The molecule has 0 aliphatic rings. The predicted octanol–water partition coefficient (Wildman–Crippen LogP) is 1.69. The first-order valence-electron chi connectivity index (χ1n) is 5.59. The summed E-state index contributed by atoms with van der Waals surface area (Å²) >= 11 is 1.43. The molecule has 0 spiro atoms. The molecule has 0 amide bonds. The lowest BCUT2D eigenvalue weighted by Crippen LogP contribution is -2.14. The maximum atomic E-state index is 9.37. The Hall–Kier alpha value is -1.30. The Balaban J connectivity index is 2.31.